The summed E-state index contributed by atoms with van der Waals surface area (Å²) in [6.07, 6.45) is 0. The van der Waals surface area contributed by atoms with Crippen LogP contribution >= 0.6 is 0 Å². The topological polar surface area (TPSA) is 122 Å². The molecule has 3 rings (SSSR count). The number of hydrogen-bond acceptors (Lipinski definition) is 5. The van der Waals surface area contributed by atoms with E-state index in [2.05, 4.69) is 10.6 Å². The number of carbonyl (C=O) groups excluding carboxylic acids is 1. The van der Waals surface area contributed by atoms with Gasteiger partial charge < -0.3 is 10.6 Å². The zero-order chi connectivity index (χ0) is 21.7. The highest BCUT2D eigenvalue weighted by molar-refractivity contribution is 7.92. The van der Waals surface area contributed by atoms with Crippen molar-refractivity contribution in [3.63, 3.8) is 0 Å². The highest BCUT2D eigenvalue weighted by Crippen LogP contribution is 2.25. The number of nitrogens with one attached hydrogen (secondary N) is 2. The summed E-state index contributed by atoms with van der Waals surface area (Å²) >= 11 is 0. The van der Waals surface area contributed by atoms with Crippen molar-refractivity contribution in [2.45, 2.75) is 4.90 Å². The maximum Gasteiger partial charge on any atom is 0.323 e. The van der Waals surface area contributed by atoms with Crippen molar-refractivity contribution >= 4 is 38.8 Å². The van der Waals surface area contributed by atoms with Crippen molar-refractivity contribution in [3.8, 4) is 0 Å². The standard InChI is InChI=1S/C20H18N4O5S/c1-23(16-9-3-2-4-10-16)30(28,29)17-11-7-8-15(14-17)21-20(25)22-18-12-5-6-13-19(18)24(26)27/h2-14H,1H3,(H2,21,22,25). The van der Waals surface area contributed by atoms with E-state index >= 15 is 0 Å². The van der Waals surface area contributed by atoms with E-state index in [-0.39, 0.29) is 22.0 Å². The molecule has 0 atom stereocenters. The van der Waals surface area contributed by atoms with Crippen molar-refractivity contribution in [2.24, 2.45) is 0 Å². The van der Waals surface area contributed by atoms with Gasteiger partial charge in [-0.3, -0.25) is 14.4 Å². The monoisotopic (exact) mass is 426 g/mol. The van der Waals surface area contributed by atoms with Gasteiger partial charge in [-0.05, 0) is 36.4 Å². The molecule has 0 saturated carbocycles. The summed E-state index contributed by atoms with van der Waals surface area (Å²) in [5.41, 5.74) is 0.472. The van der Waals surface area contributed by atoms with Crippen molar-refractivity contribution in [2.75, 3.05) is 22.0 Å². The van der Waals surface area contributed by atoms with Gasteiger partial charge in [-0.1, -0.05) is 36.4 Å². The van der Waals surface area contributed by atoms with Gasteiger partial charge >= 0.3 is 6.03 Å². The normalized spacial score (nSPS) is 10.8. The maximum absolute atomic E-state index is 12.9. The molecule has 0 unspecified atom stereocenters. The largest absolute Gasteiger partial charge is 0.323 e. The van der Waals surface area contributed by atoms with Gasteiger partial charge in [0.1, 0.15) is 5.69 Å². The quantitative estimate of drug-likeness (QED) is 0.455. The molecule has 10 heteroatoms. The smallest absolute Gasteiger partial charge is 0.308 e. The van der Waals surface area contributed by atoms with E-state index in [9.17, 15) is 23.3 Å². The third-order valence-electron chi connectivity index (χ3n) is 4.22. The Kier molecular flexibility index (Phi) is 5.98. The van der Waals surface area contributed by atoms with Gasteiger partial charge in [0.15, 0.2) is 0 Å². The number of anilines is 3. The van der Waals surface area contributed by atoms with Crippen LogP contribution in [0.1, 0.15) is 0 Å². The first kappa shape index (κ1) is 20.8. The van der Waals surface area contributed by atoms with E-state index in [4.69, 9.17) is 0 Å². The first-order chi connectivity index (χ1) is 14.3. The van der Waals surface area contributed by atoms with Crippen LogP contribution < -0.4 is 14.9 Å². The van der Waals surface area contributed by atoms with Crippen LogP contribution in [-0.4, -0.2) is 26.4 Å². The van der Waals surface area contributed by atoms with E-state index < -0.39 is 21.0 Å². The molecule has 30 heavy (non-hydrogen) atoms. The van der Waals surface area contributed by atoms with E-state index in [1.54, 1.807) is 36.4 Å². The van der Waals surface area contributed by atoms with Crippen molar-refractivity contribution in [3.05, 3.63) is 89.0 Å². The number of nitrogens with zero attached hydrogens (tertiary/aromatic N) is 2. The third kappa shape index (κ3) is 4.55. The number of rotatable bonds is 6. The molecule has 0 aliphatic heterocycles. The van der Waals surface area contributed by atoms with Crippen LogP contribution in [-0.2, 0) is 10.0 Å². The van der Waals surface area contributed by atoms with Gasteiger partial charge in [-0.2, -0.15) is 0 Å². The molecule has 3 aromatic carbocycles. The molecule has 2 amide bonds. The van der Waals surface area contributed by atoms with E-state index in [1.165, 1.54) is 49.5 Å². The summed E-state index contributed by atoms with van der Waals surface area (Å²) < 4.78 is 26.9. The lowest BCUT2D eigenvalue weighted by atomic mass is 10.2. The number of nitro benzene ring substituents is 1. The predicted octanol–water partition coefficient (Wildman–Crippen LogP) is 4.06. The molecular formula is C20H18N4O5S. The molecule has 0 spiro atoms. The number of urea groups is 1. The fraction of sp³-hybridized carbons (Fsp3) is 0.0500. The highest BCUT2D eigenvalue weighted by atomic mass is 32.2. The Morgan fingerprint density at radius 1 is 0.933 bits per heavy atom. The number of para-hydroxylation sites is 3. The summed E-state index contributed by atoms with van der Waals surface area (Å²) in [4.78, 5) is 22.7. The first-order valence-electron chi connectivity index (χ1n) is 8.74. The molecule has 0 bridgehead atoms. The van der Waals surface area contributed by atoms with Crippen LogP contribution in [0.2, 0.25) is 0 Å². The minimum Gasteiger partial charge on any atom is -0.308 e. The molecule has 0 aliphatic carbocycles. The maximum atomic E-state index is 12.9. The zero-order valence-corrected chi connectivity index (χ0v) is 16.7. The Labute approximate surface area is 173 Å². The minimum atomic E-state index is -3.85. The molecule has 0 aromatic heterocycles. The number of benzene rings is 3. The van der Waals surface area contributed by atoms with Gasteiger partial charge in [0, 0.05) is 18.8 Å². The van der Waals surface area contributed by atoms with Gasteiger partial charge in [0.2, 0.25) is 0 Å². The zero-order valence-electron chi connectivity index (χ0n) is 15.8. The Balaban J connectivity index is 1.79. The molecule has 0 aliphatic rings. The number of amides is 2. The van der Waals surface area contributed by atoms with Crippen molar-refractivity contribution in [1.29, 1.82) is 0 Å². The van der Waals surface area contributed by atoms with Gasteiger partial charge in [0.05, 0.1) is 15.5 Å². The van der Waals surface area contributed by atoms with E-state index in [0.717, 1.165) is 4.31 Å². The molecule has 9 nitrogen and oxygen atoms in total. The lowest BCUT2D eigenvalue weighted by molar-refractivity contribution is -0.383. The Bertz CT molecular complexity index is 1180. The molecule has 0 saturated heterocycles. The number of carbonyl (C=O) groups is 1. The fourth-order valence-corrected chi connectivity index (χ4v) is 3.93. The van der Waals surface area contributed by atoms with Crippen LogP contribution in [0, 0.1) is 10.1 Å². The average Bonchev–Trinajstić information content (AvgIpc) is 2.74. The van der Waals surface area contributed by atoms with Crippen molar-refractivity contribution < 1.29 is 18.1 Å². The second-order valence-corrected chi connectivity index (χ2v) is 8.16. The van der Waals surface area contributed by atoms with Gasteiger partial charge in [0.25, 0.3) is 15.7 Å². The molecule has 154 valence electrons. The SMILES string of the molecule is CN(c1ccccc1)S(=O)(=O)c1cccc(NC(=O)Nc2ccccc2[N+](=O)[O-])c1. The van der Waals surface area contributed by atoms with E-state index in [0.29, 0.717) is 5.69 Å². The molecule has 0 fully saturated rings. The Hall–Kier alpha value is -3.92. The summed E-state index contributed by atoms with van der Waals surface area (Å²) in [6, 6.07) is 19.3. The molecule has 0 heterocycles. The Morgan fingerprint density at radius 2 is 1.60 bits per heavy atom. The second kappa shape index (κ2) is 8.62. The van der Waals surface area contributed by atoms with Crippen LogP contribution in [0.5, 0.6) is 0 Å². The summed E-state index contributed by atoms with van der Waals surface area (Å²) in [5.74, 6) is 0. The van der Waals surface area contributed by atoms with E-state index in [1.807, 2.05) is 0 Å². The van der Waals surface area contributed by atoms with Gasteiger partial charge in [-0.15, -0.1) is 0 Å². The average molecular weight is 426 g/mol. The van der Waals surface area contributed by atoms with Crippen molar-refractivity contribution in [1.82, 2.24) is 0 Å². The summed E-state index contributed by atoms with van der Waals surface area (Å²) in [6.45, 7) is 0. The molecule has 0 radical (unpaired) electrons. The van der Waals surface area contributed by atoms with Gasteiger partial charge in [-0.25, -0.2) is 13.2 Å². The third-order valence-corrected chi connectivity index (χ3v) is 6.00. The lowest BCUT2D eigenvalue weighted by Crippen LogP contribution is -2.26. The highest BCUT2D eigenvalue weighted by Gasteiger charge is 2.22. The number of hydrogen-bond donors (Lipinski definition) is 2. The summed E-state index contributed by atoms with van der Waals surface area (Å²) in [5, 5.41) is 15.9. The summed E-state index contributed by atoms with van der Waals surface area (Å²) in [7, 11) is -2.42. The van der Waals surface area contributed by atoms with Crippen LogP contribution in [0.4, 0.5) is 27.5 Å². The molecular weight excluding hydrogens is 408 g/mol. The predicted molar refractivity (Wildman–Crippen MR) is 114 cm³/mol. The second-order valence-electron chi connectivity index (χ2n) is 6.19. The van der Waals surface area contributed by atoms with Crippen LogP contribution in [0.15, 0.2) is 83.8 Å². The molecule has 2 N–H and O–H groups in total. The molecule has 3 aromatic rings. The first-order valence-corrected chi connectivity index (χ1v) is 10.2. The number of sulfonamides is 1. The minimum absolute atomic E-state index is 0.0163. The fourth-order valence-electron chi connectivity index (χ4n) is 2.69. The van der Waals surface area contributed by atoms with Crippen LogP contribution in [0.25, 0.3) is 0 Å². The van der Waals surface area contributed by atoms with Crippen LogP contribution in [0.3, 0.4) is 0 Å². The lowest BCUT2D eigenvalue weighted by Gasteiger charge is -2.20. The Morgan fingerprint density at radius 3 is 2.30 bits per heavy atom. The number of nitro groups is 1.